The molecule has 0 bridgehead atoms. The summed E-state index contributed by atoms with van der Waals surface area (Å²) < 4.78 is 5.13. The lowest BCUT2D eigenvalue weighted by Crippen LogP contribution is -2.46. The van der Waals surface area contributed by atoms with Crippen LogP contribution in [0.1, 0.15) is 6.42 Å². The number of primary amides is 1. The number of ether oxygens (including phenoxy) is 1. The van der Waals surface area contributed by atoms with Gasteiger partial charge in [-0.15, -0.1) is 0 Å². The van der Waals surface area contributed by atoms with Crippen LogP contribution in [0.2, 0.25) is 0 Å². The topological polar surface area (TPSA) is 114 Å². The maximum absolute atomic E-state index is 11.3. The van der Waals surface area contributed by atoms with E-state index in [4.69, 9.17) is 15.6 Å². The molecule has 1 aliphatic rings. The third-order valence-electron chi connectivity index (χ3n) is 2.48. The van der Waals surface area contributed by atoms with Crippen molar-refractivity contribution in [3.05, 3.63) is 23.8 Å². The van der Waals surface area contributed by atoms with Gasteiger partial charge in [-0.05, 0) is 6.08 Å². The molecular formula is C10H15N3O4. The minimum absolute atomic E-state index is 0.273. The second-order valence-electron chi connectivity index (χ2n) is 3.60. The number of carboxylic acid groups (broad SMARTS) is 1. The molecule has 0 fully saturated rings. The van der Waals surface area contributed by atoms with E-state index in [2.05, 4.69) is 5.43 Å². The Balaban J connectivity index is 2.60. The molecule has 0 spiro atoms. The summed E-state index contributed by atoms with van der Waals surface area (Å²) in [5.41, 5.74) is 9.45. The molecule has 5 N–H and O–H groups in total. The number of allylic oxidation sites excluding steroid dienone is 2. The van der Waals surface area contributed by atoms with Crippen LogP contribution in [-0.2, 0) is 9.53 Å². The third-order valence-corrected chi connectivity index (χ3v) is 2.48. The van der Waals surface area contributed by atoms with Gasteiger partial charge in [0.15, 0.2) is 5.60 Å². The summed E-state index contributed by atoms with van der Waals surface area (Å²) in [5.74, 6) is -0.576. The number of hydrogen-bond acceptors (Lipinski definition) is 4. The fourth-order valence-corrected chi connectivity index (χ4v) is 1.56. The van der Waals surface area contributed by atoms with Crippen LogP contribution in [0.4, 0.5) is 4.79 Å². The Bertz CT molecular complexity index is 378. The lowest BCUT2D eigenvalue weighted by atomic mass is 9.89. The van der Waals surface area contributed by atoms with E-state index in [0.29, 0.717) is 6.42 Å². The van der Waals surface area contributed by atoms with Crippen LogP contribution in [0.3, 0.4) is 0 Å². The van der Waals surface area contributed by atoms with E-state index in [0.717, 1.165) is 5.57 Å². The van der Waals surface area contributed by atoms with Gasteiger partial charge in [0.25, 0.3) is 5.91 Å². The molecule has 0 heterocycles. The van der Waals surface area contributed by atoms with Gasteiger partial charge in [0.2, 0.25) is 0 Å². The molecule has 0 aliphatic heterocycles. The highest BCUT2D eigenvalue weighted by Gasteiger charge is 2.35. The molecule has 1 atom stereocenters. The Morgan fingerprint density at radius 2 is 2.35 bits per heavy atom. The van der Waals surface area contributed by atoms with Gasteiger partial charge in [-0.2, -0.15) is 0 Å². The van der Waals surface area contributed by atoms with Crippen molar-refractivity contribution in [2.45, 2.75) is 12.0 Å². The number of rotatable bonds is 5. The van der Waals surface area contributed by atoms with Crippen molar-refractivity contribution < 1.29 is 19.4 Å². The number of nitrogens with one attached hydrogen (secondary N) is 2. The van der Waals surface area contributed by atoms with Crippen LogP contribution in [0.25, 0.3) is 0 Å². The van der Waals surface area contributed by atoms with Crippen molar-refractivity contribution >= 4 is 12.0 Å². The molecule has 0 aromatic carbocycles. The zero-order valence-electron chi connectivity index (χ0n) is 9.40. The average molecular weight is 241 g/mol. The van der Waals surface area contributed by atoms with Crippen molar-refractivity contribution in [2.75, 3.05) is 13.7 Å². The second-order valence-corrected chi connectivity index (χ2v) is 3.60. The molecule has 1 aliphatic carbocycles. The van der Waals surface area contributed by atoms with Crippen molar-refractivity contribution in [3.8, 4) is 0 Å². The Labute approximate surface area is 98.3 Å². The molecule has 94 valence electrons. The van der Waals surface area contributed by atoms with Gasteiger partial charge in [-0.3, -0.25) is 10.2 Å². The minimum atomic E-state index is -1.18. The van der Waals surface area contributed by atoms with E-state index in [1.807, 2.05) is 5.43 Å². The highest BCUT2D eigenvalue weighted by molar-refractivity contribution is 5.86. The summed E-state index contributed by atoms with van der Waals surface area (Å²) in [7, 11) is 1.40. The van der Waals surface area contributed by atoms with E-state index in [9.17, 15) is 9.59 Å². The highest BCUT2D eigenvalue weighted by Crippen LogP contribution is 2.25. The standard InChI is InChI=1S/C10H15N3O4/c1-17-10(8(11)14)4-2-3-7(5-10)6-12-13-9(15)16/h2-4,12-13H,5-6H2,1H3,(H2,11,14)(H,15,16). The predicted octanol–water partition coefficient (Wildman–Crippen LogP) is -0.485. The van der Waals surface area contributed by atoms with E-state index in [1.54, 1.807) is 18.2 Å². The maximum atomic E-state index is 11.3. The summed E-state index contributed by atoms with van der Waals surface area (Å²) in [6.45, 7) is 0.273. The number of carbonyl (C=O) groups excluding carboxylic acids is 1. The lowest BCUT2D eigenvalue weighted by Gasteiger charge is -2.29. The Hall–Kier alpha value is -1.86. The van der Waals surface area contributed by atoms with Crippen LogP contribution in [0.15, 0.2) is 23.8 Å². The molecular weight excluding hydrogens is 226 g/mol. The number of hydrogen-bond donors (Lipinski definition) is 4. The van der Waals surface area contributed by atoms with Gasteiger partial charge in [-0.25, -0.2) is 10.2 Å². The van der Waals surface area contributed by atoms with Gasteiger partial charge in [0.05, 0.1) is 0 Å². The number of amides is 2. The van der Waals surface area contributed by atoms with E-state index in [1.165, 1.54) is 7.11 Å². The monoisotopic (exact) mass is 241 g/mol. The van der Waals surface area contributed by atoms with Gasteiger partial charge in [-0.1, -0.05) is 17.7 Å². The van der Waals surface area contributed by atoms with Crippen molar-refractivity contribution in [2.24, 2.45) is 5.73 Å². The maximum Gasteiger partial charge on any atom is 0.419 e. The summed E-state index contributed by atoms with van der Waals surface area (Å²) in [6.07, 6.45) is 4.14. The molecule has 7 heteroatoms. The summed E-state index contributed by atoms with van der Waals surface area (Å²) in [6, 6.07) is 0. The van der Waals surface area contributed by atoms with Gasteiger partial charge in [0.1, 0.15) is 0 Å². The molecule has 7 nitrogen and oxygen atoms in total. The first-order valence-corrected chi connectivity index (χ1v) is 4.94. The van der Waals surface area contributed by atoms with Crippen molar-refractivity contribution in [1.29, 1.82) is 0 Å². The zero-order chi connectivity index (χ0) is 12.9. The van der Waals surface area contributed by atoms with Crippen LogP contribution < -0.4 is 16.6 Å². The summed E-state index contributed by atoms with van der Waals surface area (Å²) in [5, 5.41) is 8.37. The first-order chi connectivity index (χ1) is 8.00. The molecule has 1 unspecified atom stereocenters. The van der Waals surface area contributed by atoms with Crippen molar-refractivity contribution in [1.82, 2.24) is 10.9 Å². The summed E-state index contributed by atoms with van der Waals surface area (Å²) >= 11 is 0. The normalized spacial score (nSPS) is 23.0. The highest BCUT2D eigenvalue weighted by atomic mass is 16.5. The molecule has 1 rings (SSSR count). The van der Waals surface area contributed by atoms with Crippen LogP contribution in [0, 0.1) is 0 Å². The lowest BCUT2D eigenvalue weighted by molar-refractivity contribution is -0.134. The predicted molar refractivity (Wildman–Crippen MR) is 59.9 cm³/mol. The van der Waals surface area contributed by atoms with Gasteiger partial charge in [0, 0.05) is 20.1 Å². The van der Waals surface area contributed by atoms with Gasteiger partial charge >= 0.3 is 6.09 Å². The Kier molecular flexibility index (Phi) is 4.24. The van der Waals surface area contributed by atoms with E-state index < -0.39 is 17.6 Å². The third kappa shape index (κ3) is 3.30. The fourth-order valence-electron chi connectivity index (χ4n) is 1.56. The molecule has 0 aromatic heterocycles. The SMILES string of the molecule is COC1(C(N)=O)C=CC=C(CNNC(=O)O)C1. The fraction of sp³-hybridized carbons (Fsp3) is 0.400. The molecule has 0 aromatic rings. The Morgan fingerprint density at radius 3 is 2.88 bits per heavy atom. The number of carbonyl (C=O) groups is 2. The second kappa shape index (κ2) is 5.46. The molecule has 0 saturated heterocycles. The first-order valence-electron chi connectivity index (χ1n) is 4.94. The van der Waals surface area contributed by atoms with Crippen molar-refractivity contribution in [3.63, 3.8) is 0 Å². The zero-order valence-corrected chi connectivity index (χ0v) is 9.40. The summed E-state index contributed by atoms with van der Waals surface area (Å²) in [4.78, 5) is 21.6. The van der Waals surface area contributed by atoms with E-state index >= 15 is 0 Å². The number of methoxy groups -OCH3 is 1. The smallest absolute Gasteiger partial charge is 0.419 e. The quantitative estimate of drug-likeness (QED) is 0.485. The molecule has 2 amide bonds. The average Bonchev–Trinajstić information content (AvgIpc) is 2.28. The molecule has 0 saturated carbocycles. The van der Waals surface area contributed by atoms with Crippen LogP contribution in [0.5, 0.6) is 0 Å². The van der Waals surface area contributed by atoms with Crippen LogP contribution >= 0.6 is 0 Å². The Morgan fingerprint density at radius 1 is 1.65 bits per heavy atom. The minimum Gasteiger partial charge on any atom is -0.464 e. The molecule has 17 heavy (non-hydrogen) atoms. The van der Waals surface area contributed by atoms with Gasteiger partial charge < -0.3 is 15.6 Å². The number of hydrazine groups is 1. The van der Waals surface area contributed by atoms with Crippen LogP contribution in [-0.4, -0.2) is 36.4 Å². The van der Waals surface area contributed by atoms with E-state index in [-0.39, 0.29) is 6.54 Å². The number of nitrogens with two attached hydrogens (primary N) is 1. The molecule has 0 radical (unpaired) electrons. The first kappa shape index (κ1) is 13.2. The largest absolute Gasteiger partial charge is 0.464 e.